The fourth-order valence-corrected chi connectivity index (χ4v) is 2.69. The Balaban J connectivity index is 1.90. The SMILES string of the molecule is COc1cccc(/C=C/C(=O)N2CCOC(CN(C)CC(=O)O)C2)c1. The highest BCUT2D eigenvalue weighted by Gasteiger charge is 2.24. The summed E-state index contributed by atoms with van der Waals surface area (Å²) in [6, 6.07) is 7.47. The molecule has 136 valence electrons. The van der Waals surface area contributed by atoms with E-state index in [1.54, 1.807) is 30.0 Å². The molecule has 0 aliphatic carbocycles. The second kappa shape index (κ2) is 9.19. The van der Waals surface area contributed by atoms with Crippen LogP contribution in [0.3, 0.4) is 0 Å². The Labute approximate surface area is 147 Å². The fraction of sp³-hybridized carbons (Fsp3) is 0.444. The van der Waals surface area contributed by atoms with Crippen LogP contribution in [0.25, 0.3) is 6.08 Å². The van der Waals surface area contributed by atoms with Crippen LogP contribution < -0.4 is 4.74 Å². The molecule has 1 amide bonds. The van der Waals surface area contributed by atoms with Crippen LogP contribution in [0.5, 0.6) is 5.75 Å². The molecule has 1 aliphatic rings. The zero-order chi connectivity index (χ0) is 18.2. The van der Waals surface area contributed by atoms with E-state index in [1.165, 1.54) is 6.08 Å². The van der Waals surface area contributed by atoms with E-state index < -0.39 is 5.97 Å². The summed E-state index contributed by atoms with van der Waals surface area (Å²) in [6.45, 7) is 1.84. The molecule has 1 aromatic carbocycles. The zero-order valence-electron chi connectivity index (χ0n) is 14.6. The number of carboxylic acid groups (broad SMARTS) is 1. The topological polar surface area (TPSA) is 79.3 Å². The van der Waals surface area contributed by atoms with Gasteiger partial charge in [0.2, 0.25) is 5.91 Å². The molecule has 7 heteroatoms. The number of morpholine rings is 1. The number of carbonyl (C=O) groups excluding carboxylic acids is 1. The number of aliphatic carboxylic acids is 1. The smallest absolute Gasteiger partial charge is 0.317 e. The predicted octanol–water partition coefficient (Wildman–Crippen LogP) is 0.952. The number of benzene rings is 1. The predicted molar refractivity (Wildman–Crippen MR) is 93.5 cm³/mol. The van der Waals surface area contributed by atoms with Gasteiger partial charge in [-0.25, -0.2) is 0 Å². The summed E-state index contributed by atoms with van der Waals surface area (Å²) >= 11 is 0. The molecule has 1 saturated heterocycles. The monoisotopic (exact) mass is 348 g/mol. The molecule has 1 heterocycles. The zero-order valence-corrected chi connectivity index (χ0v) is 14.6. The minimum atomic E-state index is -0.882. The molecule has 25 heavy (non-hydrogen) atoms. The Hall–Kier alpha value is -2.38. The summed E-state index contributed by atoms with van der Waals surface area (Å²) in [6.07, 6.45) is 3.11. The molecule has 2 rings (SSSR count). The molecular weight excluding hydrogens is 324 g/mol. The average molecular weight is 348 g/mol. The highest BCUT2D eigenvalue weighted by atomic mass is 16.5. The molecule has 0 aromatic heterocycles. The number of amides is 1. The summed E-state index contributed by atoms with van der Waals surface area (Å²) in [5, 5.41) is 8.80. The molecule has 0 bridgehead atoms. The van der Waals surface area contributed by atoms with Gasteiger partial charge in [-0.2, -0.15) is 0 Å². The number of ether oxygens (including phenoxy) is 2. The maximum Gasteiger partial charge on any atom is 0.317 e. The maximum atomic E-state index is 12.4. The summed E-state index contributed by atoms with van der Waals surface area (Å²) in [4.78, 5) is 26.5. The lowest BCUT2D eigenvalue weighted by molar-refractivity contribution is -0.140. The summed E-state index contributed by atoms with van der Waals surface area (Å²) < 4.78 is 10.8. The highest BCUT2D eigenvalue weighted by molar-refractivity contribution is 5.91. The molecule has 1 atom stereocenters. The molecule has 0 spiro atoms. The van der Waals surface area contributed by atoms with Crippen molar-refractivity contribution in [2.45, 2.75) is 6.10 Å². The van der Waals surface area contributed by atoms with Gasteiger partial charge in [0.05, 0.1) is 26.4 Å². The van der Waals surface area contributed by atoms with Crippen molar-refractivity contribution in [2.75, 3.05) is 46.9 Å². The standard InChI is InChI=1S/C18H24N2O5/c1-19(13-18(22)23)11-16-12-20(8-9-25-16)17(21)7-6-14-4-3-5-15(10-14)24-2/h3-7,10,16H,8-9,11-13H2,1-2H3,(H,22,23)/b7-6+. The first-order chi connectivity index (χ1) is 12.0. The lowest BCUT2D eigenvalue weighted by Crippen LogP contribution is -2.49. The molecule has 1 aromatic rings. The van der Waals surface area contributed by atoms with Crippen molar-refractivity contribution in [2.24, 2.45) is 0 Å². The van der Waals surface area contributed by atoms with Crippen molar-refractivity contribution in [1.29, 1.82) is 0 Å². The van der Waals surface area contributed by atoms with Gasteiger partial charge >= 0.3 is 5.97 Å². The van der Waals surface area contributed by atoms with Gasteiger partial charge in [0.15, 0.2) is 0 Å². The van der Waals surface area contributed by atoms with E-state index in [1.807, 2.05) is 24.3 Å². The Bertz CT molecular complexity index is 632. The van der Waals surface area contributed by atoms with Crippen LogP contribution in [-0.4, -0.2) is 79.8 Å². The van der Waals surface area contributed by atoms with Crippen molar-refractivity contribution in [3.63, 3.8) is 0 Å². The van der Waals surface area contributed by atoms with Crippen molar-refractivity contribution in [3.05, 3.63) is 35.9 Å². The molecule has 1 N–H and O–H groups in total. The number of hydrogen-bond donors (Lipinski definition) is 1. The molecule has 0 saturated carbocycles. The number of rotatable bonds is 7. The van der Waals surface area contributed by atoms with Gasteiger partial charge in [-0.3, -0.25) is 14.5 Å². The van der Waals surface area contributed by atoms with Crippen LogP contribution in [-0.2, 0) is 14.3 Å². The number of nitrogens with zero attached hydrogens (tertiary/aromatic N) is 2. The van der Waals surface area contributed by atoms with Gasteiger partial charge in [0.25, 0.3) is 0 Å². The molecular formula is C18H24N2O5. The van der Waals surface area contributed by atoms with E-state index in [2.05, 4.69) is 0 Å². The minimum Gasteiger partial charge on any atom is -0.497 e. The molecule has 0 radical (unpaired) electrons. The maximum absolute atomic E-state index is 12.4. The van der Waals surface area contributed by atoms with E-state index in [0.717, 1.165) is 11.3 Å². The van der Waals surface area contributed by atoms with E-state index in [9.17, 15) is 9.59 Å². The van der Waals surface area contributed by atoms with Crippen LogP contribution in [0.15, 0.2) is 30.3 Å². The summed E-state index contributed by atoms with van der Waals surface area (Å²) in [7, 11) is 3.32. The lowest BCUT2D eigenvalue weighted by atomic mass is 10.2. The molecule has 1 fully saturated rings. The van der Waals surface area contributed by atoms with E-state index >= 15 is 0 Å². The average Bonchev–Trinajstić information content (AvgIpc) is 2.59. The van der Waals surface area contributed by atoms with Gasteiger partial charge in [-0.05, 0) is 30.8 Å². The van der Waals surface area contributed by atoms with Crippen LogP contribution >= 0.6 is 0 Å². The fourth-order valence-electron chi connectivity index (χ4n) is 2.69. The van der Waals surface area contributed by atoms with Crippen molar-refractivity contribution in [1.82, 2.24) is 9.80 Å². The quantitative estimate of drug-likeness (QED) is 0.739. The number of carboxylic acids is 1. The van der Waals surface area contributed by atoms with Gasteiger partial charge in [0, 0.05) is 25.7 Å². The molecule has 1 aliphatic heterocycles. The first kappa shape index (κ1) is 19.0. The van der Waals surface area contributed by atoms with Crippen molar-refractivity contribution < 1.29 is 24.2 Å². The lowest BCUT2D eigenvalue weighted by Gasteiger charge is -2.34. The van der Waals surface area contributed by atoms with Crippen LogP contribution in [0.2, 0.25) is 0 Å². The Morgan fingerprint density at radius 2 is 2.28 bits per heavy atom. The third kappa shape index (κ3) is 6.21. The number of hydrogen-bond acceptors (Lipinski definition) is 5. The number of carbonyl (C=O) groups is 2. The van der Waals surface area contributed by atoms with Crippen molar-refractivity contribution in [3.8, 4) is 5.75 Å². The van der Waals surface area contributed by atoms with Crippen LogP contribution in [0, 0.1) is 0 Å². The van der Waals surface area contributed by atoms with E-state index in [-0.39, 0.29) is 18.6 Å². The third-order valence-corrected chi connectivity index (χ3v) is 3.88. The van der Waals surface area contributed by atoms with Gasteiger partial charge in [-0.1, -0.05) is 12.1 Å². The molecule has 1 unspecified atom stereocenters. The first-order valence-electron chi connectivity index (χ1n) is 8.11. The highest BCUT2D eigenvalue weighted by Crippen LogP contribution is 2.14. The normalized spacial score (nSPS) is 17.9. The van der Waals surface area contributed by atoms with Gasteiger partial charge in [0.1, 0.15) is 5.75 Å². The van der Waals surface area contributed by atoms with E-state index in [0.29, 0.717) is 26.2 Å². The summed E-state index contributed by atoms with van der Waals surface area (Å²) in [5.74, 6) is -0.230. The van der Waals surface area contributed by atoms with Gasteiger partial charge in [-0.15, -0.1) is 0 Å². The van der Waals surface area contributed by atoms with Gasteiger partial charge < -0.3 is 19.5 Å². The Kier molecular flexibility index (Phi) is 6.97. The summed E-state index contributed by atoms with van der Waals surface area (Å²) in [5.41, 5.74) is 0.888. The number of methoxy groups -OCH3 is 1. The number of likely N-dealkylation sites (N-methyl/N-ethyl adjacent to an activating group) is 1. The van der Waals surface area contributed by atoms with Crippen molar-refractivity contribution >= 4 is 18.0 Å². The third-order valence-electron chi connectivity index (χ3n) is 3.88. The van der Waals surface area contributed by atoms with E-state index in [4.69, 9.17) is 14.6 Å². The first-order valence-corrected chi connectivity index (χ1v) is 8.11. The largest absolute Gasteiger partial charge is 0.497 e. The van der Waals surface area contributed by atoms with Crippen LogP contribution in [0.1, 0.15) is 5.56 Å². The Morgan fingerprint density at radius 1 is 1.48 bits per heavy atom. The minimum absolute atomic E-state index is 0.0520. The molecule has 7 nitrogen and oxygen atoms in total. The van der Waals surface area contributed by atoms with Crippen LogP contribution in [0.4, 0.5) is 0 Å². The second-order valence-corrected chi connectivity index (χ2v) is 5.98. The Morgan fingerprint density at radius 3 is 3.00 bits per heavy atom. The second-order valence-electron chi connectivity index (χ2n) is 5.98.